The van der Waals surface area contributed by atoms with Gasteiger partial charge in [-0.2, -0.15) is 5.10 Å². The summed E-state index contributed by atoms with van der Waals surface area (Å²) in [5.41, 5.74) is 1.97. The topological polar surface area (TPSA) is 50.4 Å². The maximum absolute atomic E-state index is 9.49. The molecule has 4 nitrogen and oxygen atoms in total. The summed E-state index contributed by atoms with van der Waals surface area (Å²) in [5.74, 6) is 0. The molecule has 2 atom stereocenters. The quantitative estimate of drug-likeness (QED) is 0.828. The van der Waals surface area contributed by atoms with Crippen LogP contribution in [-0.2, 0) is 0 Å². The average molecular weight is 237 g/mol. The van der Waals surface area contributed by atoms with E-state index in [1.807, 2.05) is 30.6 Å². The van der Waals surface area contributed by atoms with Crippen LogP contribution in [0.2, 0.25) is 0 Å². The van der Waals surface area contributed by atoms with Crippen molar-refractivity contribution in [3.05, 3.63) is 24.2 Å². The van der Waals surface area contributed by atoms with Crippen LogP contribution in [0.3, 0.4) is 0 Å². The second-order valence-electron chi connectivity index (χ2n) is 3.91. The smallest absolute Gasteiger partial charge is 0.122 e. The van der Waals surface area contributed by atoms with Gasteiger partial charge < -0.3 is 5.11 Å². The van der Waals surface area contributed by atoms with E-state index in [4.69, 9.17) is 0 Å². The normalized spacial score (nSPS) is 15.2. The summed E-state index contributed by atoms with van der Waals surface area (Å²) in [7, 11) is 0. The number of fused-ring (bicyclic) bond motifs is 1. The number of nitrogens with zero attached hydrogens (tertiary/aromatic N) is 3. The van der Waals surface area contributed by atoms with Crippen molar-refractivity contribution in [1.82, 2.24) is 14.6 Å². The standard InChI is InChI=1S/C11H15N3OS/c1-7-6-10-11(16-9(3)8(2)15)12-4-5-14(10)13-7/h4-6,8-9,15H,1-3H3. The van der Waals surface area contributed by atoms with Crippen molar-refractivity contribution in [2.45, 2.75) is 37.2 Å². The molecule has 0 aliphatic rings. The highest BCUT2D eigenvalue weighted by Gasteiger charge is 2.14. The molecule has 0 spiro atoms. The first-order valence-electron chi connectivity index (χ1n) is 5.23. The van der Waals surface area contributed by atoms with Gasteiger partial charge in [0.25, 0.3) is 0 Å². The molecule has 0 aromatic carbocycles. The van der Waals surface area contributed by atoms with Gasteiger partial charge in [0, 0.05) is 17.6 Å². The molecular weight excluding hydrogens is 222 g/mol. The number of aryl methyl sites for hydroxylation is 1. The molecular formula is C11H15N3OS. The summed E-state index contributed by atoms with van der Waals surface area (Å²) in [5, 5.41) is 14.8. The Morgan fingerprint density at radius 3 is 2.88 bits per heavy atom. The van der Waals surface area contributed by atoms with Crippen LogP contribution in [0.25, 0.3) is 5.52 Å². The first-order valence-corrected chi connectivity index (χ1v) is 6.11. The molecule has 16 heavy (non-hydrogen) atoms. The summed E-state index contributed by atoms with van der Waals surface area (Å²) in [6.07, 6.45) is 3.21. The van der Waals surface area contributed by atoms with Crippen molar-refractivity contribution < 1.29 is 5.11 Å². The monoisotopic (exact) mass is 237 g/mol. The minimum absolute atomic E-state index is 0.119. The summed E-state index contributed by atoms with van der Waals surface area (Å²) in [6, 6.07) is 2.00. The Morgan fingerprint density at radius 2 is 2.19 bits per heavy atom. The van der Waals surface area contributed by atoms with E-state index in [1.165, 1.54) is 0 Å². The Balaban J connectivity index is 2.36. The van der Waals surface area contributed by atoms with E-state index in [2.05, 4.69) is 10.1 Å². The third kappa shape index (κ3) is 2.20. The van der Waals surface area contributed by atoms with Crippen molar-refractivity contribution in [3.8, 4) is 0 Å². The van der Waals surface area contributed by atoms with Crippen LogP contribution in [0.5, 0.6) is 0 Å². The minimum Gasteiger partial charge on any atom is -0.392 e. The largest absolute Gasteiger partial charge is 0.392 e. The van der Waals surface area contributed by atoms with Crippen molar-refractivity contribution in [1.29, 1.82) is 0 Å². The van der Waals surface area contributed by atoms with Gasteiger partial charge in [0.1, 0.15) is 5.03 Å². The van der Waals surface area contributed by atoms with Gasteiger partial charge in [-0.15, -0.1) is 0 Å². The highest BCUT2D eigenvalue weighted by Crippen LogP contribution is 2.27. The third-order valence-corrected chi connectivity index (χ3v) is 3.76. The summed E-state index contributed by atoms with van der Waals surface area (Å²) in [6.45, 7) is 5.74. The predicted molar refractivity (Wildman–Crippen MR) is 64.7 cm³/mol. The molecule has 2 heterocycles. The Labute approximate surface area is 98.7 Å². The zero-order valence-electron chi connectivity index (χ0n) is 9.58. The number of hydrogen-bond acceptors (Lipinski definition) is 4. The molecule has 2 rings (SSSR count). The van der Waals surface area contributed by atoms with E-state index in [0.717, 1.165) is 16.2 Å². The molecule has 0 fully saturated rings. The van der Waals surface area contributed by atoms with Crippen LogP contribution in [0.1, 0.15) is 19.5 Å². The molecule has 0 bridgehead atoms. The molecule has 2 aromatic rings. The number of rotatable bonds is 3. The molecule has 0 aliphatic heterocycles. The first-order chi connectivity index (χ1) is 7.58. The van der Waals surface area contributed by atoms with E-state index < -0.39 is 0 Å². The van der Waals surface area contributed by atoms with E-state index in [-0.39, 0.29) is 11.4 Å². The Morgan fingerprint density at radius 1 is 1.44 bits per heavy atom. The van der Waals surface area contributed by atoms with Crippen LogP contribution in [0, 0.1) is 6.92 Å². The minimum atomic E-state index is -0.351. The second-order valence-corrected chi connectivity index (χ2v) is 5.28. The van der Waals surface area contributed by atoms with Crippen LogP contribution in [0.4, 0.5) is 0 Å². The zero-order chi connectivity index (χ0) is 11.7. The molecule has 0 saturated heterocycles. The lowest BCUT2D eigenvalue weighted by atomic mass is 10.3. The molecule has 2 aromatic heterocycles. The third-order valence-electron chi connectivity index (χ3n) is 2.45. The van der Waals surface area contributed by atoms with Crippen LogP contribution in [0.15, 0.2) is 23.5 Å². The van der Waals surface area contributed by atoms with Crippen LogP contribution < -0.4 is 0 Å². The van der Waals surface area contributed by atoms with Gasteiger partial charge in [-0.05, 0) is 19.9 Å². The Hall–Kier alpha value is -1.07. The van der Waals surface area contributed by atoms with Gasteiger partial charge in [-0.25, -0.2) is 9.50 Å². The molecule has 0 amide bonds. The summed E-state index contributed by atoms with van der Waals surface area (Å²) < 4.78 is 1.82. The SMILES string of the molecule is Cc1cc2c(SC(C)C(C)O)nccn2n1. The highest BCUT2D eigenvalue weighted by molar-refractivity contribution is 8.00. The first kappa shape index (κ1) is 11.4. The number of thioether (sulfide) groups is 1. The van der Waals surface area contributed by atoms with Gasteiger partial charge in [-0.1, -0.05) is 18.7 Å². The van der Waals surface area contributed by atoms with E-state index in [0.29, 0.717) is 0 Å². The fraction of sp³-hybridized carbons (Fsp3) is 0.455. The van der Waals surface area contributed by atoms with Crippen LogP contribution >= 0.6 is 11.8 Å². The lowest BCUT2D eigenvalue weighted by molar-refractivity contribution is 0.196. The molecule has 1 N–H and O–H groups in total. The average Bonchev–Trinajstić information content (AvgIpc) is 2.59. The van der Waals surface area contributed by atoms with Gasteiger partial charge in [0.05, 0.1) is 17.3 Å². The zero-order valence-corrected chi connectivity index (χ0v) is 10.4. The fourth-order valence-corrected chi connectivity index (χ4v) is 2.33. The van der Waals surface area contributed by atoms with Crippen molar-refractivity contribution in [3.63, 3.8) is 0 Å². The Kier molecular flexibility index (Phi) is 3.16. The van der Waals surface area contributed by atoms with Gasteiger partial charge >= 0.3 is 0 Å². The number of aliphatic hydroxyl groups excluding tert-OH is 1. The molecule has 0 aliphatic carbocycles. The van der Waals surface area contributed by atoms with Crippen molar-refractivity contribution >= 4 is 17.3 Å². The lowest BCUT2D eigenvalue weighted by Crippen LogP contribution is -2.15. The second kappa shape index (κ2) is 4.43. The van der Waals surface area contributed by atoms with Gasteiger partial charge in [-0.3, -0.25) is 0 Å². The van der Waals surface area contributed by atoms with E-state index >= 15 is 0 Å². The van der Waals surface area contributed by atoms with E-state index in [9.17, 15) is 5.11 Å². The number of hydrogen-bond donors (Lipinski definition) is 1. The summed E-state index contributed by atoms with van der Waals surface area (Å²) >= 11 is 1.57. The summed E-state index contributed by atoms with van der Waals surface area (Å²) in [4.78, 5) is 4.33. The Bertz CT molecular complexity index is 495. The molecule has 0 saturated carbocycles. The number of aromatic nitrogens is 3. The van der Waals surface area contributed by atoms with Crippen molar-refractivity contribution in [2.24, 2.45) is 0 Å². The highest BCUT2D eigenvalue weighted by atomic mass is 32.2. The van der Waals surface area contributed by atoms with E-state index in [1.54, 1.807) is 24.9 Å². The molecule has 5 heteroatoms. The van der Waals surface area contributed by atoms with Gasteiger partial charge in [0.2, 0.25) is 0 Å². The lowest BCUT2D eigenvalue weighted by Gasteiger charge is -2.13. The molecule has 86 valence electrons. The van der Waals surface area contributed by atoms with Gasteiger partial charge in [0.15, 0.2) is 0 Å². The predicted octanol–water partition coefficient (Wildman–Crippen LogP) is 1.90. The van der Waals surface area contributed by atoms with Crippen LogP contribution in [-0.4, -0.2) is 31.1 Å². The molecule has 2 unspecified atom stereocenters. The van der Waals surface area contributed by atoms with Crippen molar-refractivity contribution in [2.75, 3.05) is 0 Å². The maximum Gasteiger partial charge on any atom is 0.122 e. The maximum atomic E-state index is 9.49. The number of aliphatic hydroxyl groups is 1. The molecule has 0 radical (unpaired) electrons. The fourth-order valence-electron chi connectivity index (χ4n) is 1.39.